The number of aryl methyl sites for hydroxylation is 1. The quantitative estimate of drug-likeness (QED) is 0.433. The molecule has 10 heteroatoms. The Morgan fingerprint density at radius 3 is 2.54 bits per heavy atom. The van der Waals surface area contributed by atoms with Gasteiger partial charge in [0.2, 0.25) is 10.0 Å². The van der Waals surface area contributed by atoms with E-state index in [4.69, 9.17) is 0 Å². The van der Waals surface area contributed by atoms with Crippen LogP contribution in [0.1, 0.15) is 49.8 Å². The average molecular weight is 564 g/mol. The van der Waals surface area contributed by atoms with Crippen LogP contribution < -0.4 is 0 Å². The summed E-state index contributed by atoms with van der Waals surface area (Å²) in [6.45, 7) is 6.12. The van der Waals surface area contributed by atoms with Gasteiger partial charge in [0.25, 0.3) is 15.9 Å². The van der Waals surface area contributed by atoms with Gasteiger partial charge in [-0.3, -0.25) is 4.79 Å². The molecule has 2 aliphatic carbocycles. The van der Waals surface area contributed by atoms with Gasteiger partial charge in [0.05, 0.1) is 33.8 Å². The molecule has 6 rings (SSSR count). The molecular weight excluding hydrogens is 534 g/mol. The van der Waals surface area contributed by atoms with E-state index in [-0.39, 0.29) is 22.1 Å². The number of carbonyl (C=O) groups is 1. The first kappa shape index (κ1) is 25.8. The van der Waals surface area contributed by atoms with Crippen LogP contribution in [0.5, 0.6) is 0 Å². The van der Waals surface area contributed by atoms with Crippen molar-refractivity contribution in [2.75, 3.05) is 5.75 Å². The van der Waals surface area contributed by atoms with E-state index >= 15 is 0 Å². The topological polar surface area (TPSA) is 117 Å². The van der Waals surface area contributed by atoms with Gasteiger partial charge in [0, 0.05) is 28.6 Å². The summed E-state index contributed by atoms with van der Waals surface area (Å²) in [7, 11) is -7.76. The SMILES string of the molecule is Cc1ccc(S(=O)(=O)n2cc(/C=C/C(=O)N3[C@H]4C[C@@H]5CC[C@@]4(CS3(=O)=O)C5(C)C)c3cc(C#N)ccc32)cc1. The van der Waals surface area contributed by atoms with Crippen LogP contribution in [0.4, 0.5) is 0 Å². The van der Waals surface area contributed by atoms with Gasteiger partial charge in [-0.25, -0.2) is 25.1 Å². The van der Waals surface area contributed by atoms with Gasteiger partial charge >= 0.3 is 0 Å². The molecule has 3 aliphatic rings. The number of hydrogen-bond donors (Lipinski definition) is 0. The Kier molecular flexibility index (Phi) is 5.49. The molecule has 0 radical (unpaired) electrons. The Morgan fingerprint density at radius 1 is 1.15 bits per heavy atom. The van der Waals surface area contributed by atoms with Gasteiger partial charge in [-0.2, -0.15) is 5.26 Å². The molecule has 0 unspecified atom stereocenters. The number of fused-ring (bicyclic) bond motifs is 2. The third-order valence-electron chi connectivity index (χ3n) is 9.54. The maximum absolute atomic E-state index is 13.5. The summed E-state index contributed by atoms with van der Waals surface area (Å²) >= 11 is 0. The van der Waals surface area contributed by atoms with E-state index < -0.39 is 31.4 Å². The Balaban J connectivity index is 1.41. The van der Waals surface area contributed by atoms with Crippen LogP contribution in [-0.2, 0) is 24.8 Å². The first-order valence-electron chi connectivity index (χ1n) is 12.9. The van der Waals surface area contributed by atoms with E-state index in [1.807, 2.05) is 6.92 Å². The van der Waals surface area contributed by atoms with Crippen LogP contribution in [0.15, 0.2) is 59.6 Å². The van der Waals surface area contributed by atoms with Crippen LogP contribution in [-0.4, -0.2) is 42.8 Å². The van der Waals surface area contributed by atoms with E-state index in [1.165, 1.54) is 36.5 Å². The molecule has 2 saturated carbocycles. The van der Waals surface area contributed by atoms with Crippen molar-refractivity contribution in [2.24, 2.45) is 16.7 Å². The number of carbonyl (C=O) groups excluding carboxylic acids is 1. The Labute approximate surface area is 228 Å². The predicted molar refractivity (Wildman–Crippen MR) is 147 cm³/mol. The van der Waals surface area contributed by atoms with Crippen LogP contribution in [0.2, 0.25) is 0 Å². The number of benzene rings is 2. The minimum Gasteiger partial charge on any atom is -0.269 e. The zero-order valence-electron chi connectivity index (χ0n) is 22.0. The number of nitrogens with zero attached hydrogens (tertiary/aromatic N) is 3. The highest BCUT2D eigenvalue weighted by Crippen LogP contribution is 2.70. The van der Waals surface area contributed by atoms with Gasteiger partial charge in [-0.05, 0) is 73.9 Å². The molecule has 0 N–H and O–H groups in total. The average Bonchev–Trinajstić information content (AvgIpc) is 3.52. The molecule has 39 heavy (non-hydrogen) atoms. The molecule has 2 aromatic carbocycles. The lowest BCUT2D eigenvalue weighted by molar-refractivity contribution is -0.123. The lowest BCUT2D eigenvalue weighted by atomic mass is 9.69. The highest BCUT2D eigenvalue weighted by atomic mass is 32.2. The van der Waals surface area contributed by atoms with Gasteiger partial charge < -0.3 is 0 Å². The van der Waals surface area contributed by atoms with Crippen LogP contribution in [0.25, 0.3) is 17.0 Å². The molecule has 1 aromatic heterocycles. The fourth-order valence-corrected chi connectivity index (χ4v) is 11.2. The summed E-state index contributed by atoms with van der Waals surface area (Å²) in [4.78, 5) is 13.6. The van der Waals surface area contributed by atoms with Gasteiger partial charge in [0.1, 0.15) is 0 Å². The molecule has 1 amide bonds. The number of nitriles is 1. The van der Waals surface area contributed by atoms with Gasteiger partial charge in [-0.1, -0.05) is 31.5 Å². The fraction of sp³-hybridized carbons (Fsp3) is 0.379. The fourth-order valence-electron chi connectivity index (χ4n) is 7.26. The second-order valence-corrected chi connectivity index (χ2v) is 15.3. The van der Waals surface area contributed by atoms with E-state index in [0.29, 0.717) is 34.4 Å². The van der Waals surface area contributed by atoms with Crippen molar-refractivity contribution in [3.8, 4) is 6.07 Å². The smallest absolute Gasteiger partial charge is 0.268 e. The van der Waals surface area contributed by atoms with E-state index in [0.717, 1.165) is 26.7 Å². The Morgan fingerprint density at radius 2 is 1.87 bits per heavy atom. The predicted octanol–water partition coefficient (Wildman–Crippen LogP) is 4.44. The molecule has 2 bridgehead atoms. The summed E-state index contributed by atoms with van der Waals surface area (Å²) in [5.41, 5.74) is 1.41. The zero-order valence-corrected chi connectivity index (χ0v) is 23.6. The monoisotopic (exact) mass is 563 g/mol. The van der Waals surface area contributed by atoms with Crippen molar-refractivity contribution in [3.05, 3.63) is 71.4 Å². The summed E-state index contributed by atoms with van der Waals surface area (Å²) in [5.74, 6) is -0.265. The number of hydrogen-bond acceptors (Lipinski definition) is 6. The minimum atomic E-state index is -3.98. The number of aromatic nitrogens is 1. The Bertz CT molecular complexity index is 1830. The van der Waals surface area contributed by atoms with Crippen molar-refractivity contribution in [3.63, 3.8) is 0 Å². The number of rotatable bonds is 4. The lowest BCUT2D eigenvalue weighted by Gasteiger charge is -2.36. The zero-order chi connectivity index (χ0) is 28.0. The molecule has 1 aliphatic heterocycles. The molecule has 202 valence electrons. The summed E-state index contributed by atoms with van der Waals surface area (Å²) in [6, 6.07) is 12.9. The third-order valence-corrected chi connectivity index (χ3v) is 13.1. The van der Waals surface area contributed by atoms with E-state index in [9.17, 15) is 26.9 Å². The molecule has 1 spiro atoms. The standard InChI is InChI=1S/C29H29N3O5S2/c1-19-4-8-23(9-5-19)39(36,37)31-17-21(24-14-20(16-30)6-10-25(24)31)7-11-27(33)32-26-15-22-12-13-29(26,28(22,2)3)18-38(32,34)35/h4-11,14,17,22,26H,12-13,15,18H2,1-3H3/b11-7+/t22-,26-,29-/m0/s1. The van der Waals surface area contributed by atoms with Crippen molar-refractivity contribution in [1.29, 1.82) is 5.26 Å². The second kappa shape index (κ2) is 8.29. The molecule has 3 aromatic rings. The highest BCUT2D eigenvalue weighted by Gasteiger charge is 2.72. The summed E-state index contributed by atoms with van der Waals surface area (Å²) < 4.78 is 55.8. The number of sulfonamides is 1. The minimum absolute atomic E-state index is 0.0205. The van der Waals surface area contributed by atoms with Gasteiger partial charge in [0.15, 0.2) is 0 Å². The molecule has 3 atom stereocenters. The lowest BCUT2D eigenvalue weighted by Crippen LogP contribution is -2.43. The van der Waals surface area contributed by atoms with Crippen LogP contribution in [0, 0.1) is 35.0 Å². The van der Waals surface area contributed by atoms with Crippen molar-refractivity contribution < 1.29 is 21.6 Å². The van der Waals surface area contributed by atoms with Crippen molar-refractivity contribution in [2.45, 2.75) is 51.0 Å². The molecular formula is C29H29N3O5S2. The van der Waals surface area contributed by atoms with Crippen LogP contribution in [0.3, 0.4) is 0 Å². The van der Waals surface area contributed by atoms with E-state index in [2.05, 4.69) is 19.9 Å². The largest absolute Gasteiger partial charge is 0.269 e. The summed E-state index contributed by atoms with van der Waals surface area (Å²) in [6.07, 6.45) is 6.52. The maximum Gasteiger partial charge on any atom is 0.268 e. The van der Waals surface area contributed by atoms with Crippen molar-refractivity contribution >= 4 is 42.9 Å². The van der Waals surface area contributed by atoms with Crippen LogP contribution >= 0.6 is 0 Å². The Hall–Kier alpha value is -3.42. The van der Waals surface area contributed by atoms with Gasteiger partial charge in [-0.15, -0.1) is 0 Å². The molecule has 3 fully saturated rings. The molecule has 8 nitrogen and oxygen atoms in total. The van der Waals surface area contributed by atoms with E-state index in [1.54, 1.807) is 24.3 Å². The maximum atomic E-state index is 13.5. The molecule has 2 heterocycles. The summed E-state index contributed by atoms with van der Waals surface area (Å²) in [5, 5.41) is 9.91. The second-order valence-electron chi connectivity index (χ2n) is 11.6. The molecule has 1 saturated heterocycles. The van der Waals surface area contributed by atoms with Crippen molar-refractivity contribution in [1.82, 2.24) is 8.28 Å². The highest BCUT2D eigenvalue weighted by molar-refractivity contribution is 7.90. The normalized spacial score (nSPS) is 26.8. The first-order chi connectivity index (χ1) is 18.3. The third kappa shape index (κ3) is 3.56. The number of amides is 1. The first-order valence-corrected chi connectivity index (χ1v) is 16.0.